The van der Waals surface area contributed by atoms with Gasteiger partial charge in [0.1, 0.15) is 12.3 Å². The Morgan fingerprint density at radius 3 is 2.50 bits per heavy atom. The largest absolute Gasteiger partial charge is 0.337 e. The molecule has 24 heavy (non-hydrogen) atoms. The quantitative estimate of drug-likeness (QED) is 0.882. The van der Waals surface area contributed by atoms with Crippen molar-refractivity contribution < 1.29 is 9.63 Å². The van der Waals surface area contributed by atoms with E-state index >= 15 is 0 Å². The van der Waals surface area contributed by atoms with Gasteiger partial charge in [0.15, 0.2) is 0 Å². The maximum atomic E-state index is 12.4. The van der Waals surface area contributed by atoms with Crippen molar-refractivity contribution in [1.82, 2.24) is 10.4 Å². The highest BCUT2D eigenvalue weighted by atomic mass is 16.7. The molecule has 1 amide bonds. The van der Waals surface area contributed by atoms with E-state index in [9.17, 15) is 4.79 Å². The zero-order chi connectivity index (χ0) is 16.9. The topological polar surface area (TPSA) is 67.6 Å². The number of benzene rings is 2. The molecule has 1 fully saturated rings. The van der Waals surface area contributed by atoms with Crippen LogP contribution in [0.4, 0.5) is 0 Å². The van der Waals surface area contributed by atoms with Crippen molar-refractivity contribution in [3.05, 3.63) is 71.8 Å². The van der Waals surface area contributed by atoms with Gasteiger partial charge in [0.25, 0.3) is 0 Å². The lowest BCUT2D eigenvalue weighted by Crippen LogP contribution is -2.49. The Hall–Kier alpha value is -2.21. The summed E-state index contributed by atoms with van der Waals surface area (Å²) in [6.45, 7) is 0. The highest BCUT2D eigenvalue weighted by molar-refractivity contribution is 5.82. The van der Waals surface area contributed by atoms with Gasteiger partial charge < -0.3 is 11.1 Å². The molecule has 3 rings (SSSR count). The van der Waals surface area contributed by atoms with Gasteiger partial charge >= 0.3 is 0 Å². The van der Waals surface area contributed by atoms with Crippen molar-refractivity contribution in [2.24, 2.45) is 5.73 Å². The zero-order valence-corrected chi connectivity index (χ0v) is 13.8. The van der Waals surface area contributed by atoms with Crippen LogP contribution in [0.3, 0.4) is 0 Å². The molecule has 2 aromatic carbocycles. The normalized spacial score (nSPS) is 22.2. The number of carbonyl (C=O) groups excluding carboxylic acids is 1. The lowest BCUT2D eigenvalue weighted by atomic mass is 10.0. The molecule has 126 valence electrons. The summed E-state index contributed by atoms with van der Waals surface area (Å²) in [7, 11) is 1.83. The van der Waals surface area contributed by atoms with E-state index < -0.39 is 6.04 Å². The van der Waals surface area contributed by atoms with Crippen molar-refractivity contribution >= 4 is 5.91 Å². The van der Waals surface area contributed by atoms with Crippen molar-refractivity contribution in [2.45, 2.75) is 31.2 Å². The standard InChI is InChI=1S/C19H23N3O2/c1-22-18(13-17(24-22)15-10-6-3-7-11-15)21-19(23)16(20)12-14-8-4-2-5-9-14/h2-11,16-18H,12-13,20H2,1H3,(H,21,23)/t16-,17+,18-/m0/s1. The second-order valence-electron chi connectivity index (χ2n) is 6.11. The van der Waals surface area contributed by atoms with Crippen LogP contribution in [0.2, 0.25) is 0 Å². The molecule has 1 heterocycles. The van der Waals surface area contributed by atoms with Gasteiger partial charge in [0, 0.05) is 13.5 Å². The van der Waals surface area contributed by atoms with Gasteiger partial charge in [-0.1, -0.05) is 60.7 Å². The van der Waals surface area contributed by atoms with Gasteiger partial charge in [-0.25, -0.2) is 0 Å². The molecular weight excluding hydrogens is 302 g/mol. The van der Waals surface area contributed by atoms with Gasteiger partial charge in [-0.05, 0) is 17.5 Å². The van der Waals surface area contributed by atoms with E-state index in [-0.39, 0.29) is 18.2 Å². The molecule has 0 aliphatic carbocycles. The van der Waals surface area contributed by atoms with Crippen LogP contribution in [0, 0.1) is 0 Å². The molecule has 1 aliphatic heterocycles. The minimum atomic E-state index is -0.573. The van der Waals surface area contributed by atoms with Crippen molar-refractivity contribution in [3.8, 4) is 0 Å². The third kappa shape index (κ3) is 4.00. The molecular formula is C19H23N3O2. The lowest BCUT2D eigenvalue weighted by Gasteiger charge is -2.21. The second kappa shape index (κ2) is 7.57. The molecule has 0 bridgehead atoms. The number of amides is 1. The molecule has 1 aliphatic rings. The van der Waals surface area contributed by atoms with Gasteiger partial charge in [-0.15, -0.1) is 0 Å². The third-order valence-electron chi connectivity index (χ3n) is 4.29. The molecule has 0 unspecified atom stereocenters. The van der Waals surface area contributed by atoms with E-state index in [1.54, 1.807) is 5.06 Å². The average molecular weight is 325 g/mol. The van der Waals surface area contributed by atoms with Crippen molar-refractivity contribution in [3.63, 3.8) is 0 Å². The Kier molecular flexibility index (Phi) is 5.25. The van der Waals surface area contributed by atoms with E-state index in [0.717, 1.165) is 11.1 Å². The number of carbonyl (C=O) groups is 1. The van der Waals surface area contributed by atoms with Crippen LogP contribution >= 0.6 is 0 Å². The number of hydroxylamine groups is 2. The smallest absolute Gasteiger partial charge is 0.238 e. The number of hydrogen-bond acceptors (Lipinski definition) is 4. The Morgan fingerprint density at radius 2 is 1.83 bits per heavy atom. The predicted molar refractivity (Wildman–Crippen MR) is 92.7 cm³/mol. The first-order valence-corrected chi connectivity index (χ1v) is 8.18. The van der Waals surface area contributed by atoms with Crippen LogP contribution in [-0.4, -0.2) is 30.2 Å². The first-order chi connectivity index (χ1) is 11.6. The molecule has 0 saturated carbocycles. The fourth-order valence-corrected chi connectivity index (χ4v) is 2.91. The Labute approximate surface area is 142 Å². The fraction of sp³-hybridized carbons (Fsp3) is 0.316. The summed E-state index contributed by atoms with van der Waals surface area (Å²) >= 11 is 0. The van der Waals surface area contributed by atoms with Gasteiger partial charge in [-0.3, -0.25) is 9.63 Å². The number of nitrogens with two attached hydrogens (primary N) is 1. The Balaban J connectivity index is 1.56. The molecule has 0 spiro atoms. The summed E-state index contributed by atoms with van der Waals surface area (Å²) in [5.41, 5.74) is 8.21. The Bertz CT molecular complexity index is 663. The average Bonchev–Trinajstić information content (AvgIpc) is 2.97. The summed E-state index contributed by atoms with van der Waals surface area (Å²) in [6, 6.07) is 19.2. The van der Waals surface area contributed by atoms with Crippen LogP contribution in [-0.2, 0) is 16.1 Å². The molecule has 3 atom stereocenters. The maximum Gasteiger partial charge on any atom is 0.238 e. The number of nitrogens with one attached hydrogen (secondary N) is 1. The lowest BCUT2D eigenvalue weighted by molar-refractivity contribution is -0.154. The third-order valence-corrected chi connectivity index (χ3v) is 4.29. The van der Waals surface area contributed by atoms with E-state index in [1.807, 2.05) is 67.7 Å². The summed E-state index contributed by atoms with van der Waals surface area (Å²) in [6.07, 6.45) is 0.993. The molecule has 0 radical (unpaired) electrons. The Morgan fingerprint density at radius 1 is 1.21 bits per heavy atom. The van der Waals surface area contributed by atoms with Crippen LogP contribution in [0.15, 0.2) is 60.7 Å². The highest BCUT2D eigenvalue weighted by Gasteiger charge is 2.33. The second-order valence-corrected chi connectivity index (χ2v) is 6.11. The van der Waals surface area contributed by atoms with Crippen LogP contribution in [0.1, 0.15) is 23.7 Å². The van der Waals surface area contributed by atoms with E-state index in [4.69, 9.17) is 10.6 Å². The molecule has 1 saturated heterocycles. The number of rotatable bonds is 5. The van der Waals surface area contributed by atoms with Crippen molar-refractivity contribution in [2.75, 3.05) is 7.05 Å². The summed E-state index contributed by atoms with van der Waals surface area (Å²) in [5, 5.41) is 4.68. The monoisotopic (exact) mass is 325 g/mol. The van der Waals surface area contributed by atoms with E-state index in [1.165, 1.54) is 0 Å². The summed E-state index contributed by atoms with van der Waals surface area (Å²) in [4.78, 5) is 18.2. The zero-order valence-electron chi connectivity index (χ0n) is 13.8. The van der Waals surface area contributed by atoms with Crippen molar-refractivity contribution in [1.29, 1.82) is 0 Å². The van der Waals surface area contributed by atoms with Gasteiger partial charge in [0.05, 0.1) is 6.04 Å². The van der Waals surface area contributed by atoms with Crippen LogP contribution in [0.5, 0.6) is 0 Å². The first-order valence-electron chi connectivity index (χ1n) is 8.18. The first kappa shape index (κ1) is 16.6. The molecule has 0 aromatic heterocycles. The predicted octanol–water partition coefficient (Wildman–Crippen LogP) is 2.01. The fourth-order valence-electron chi connectivity index (χ4n) is 2.91. The molecule has 2 aromatic rings. The van der Waals surface area contributed by atoms with E-state index in [0.29, 0.717) is 12.8 Å². The van der Waals surface area contributed by atoms with Gasteiger partial charge in [-0.2, -0.15) is 5.06 Å². The summed E-state index contributed by atoms with van der Waals surface area (Å²) < 4.78 is 0. The number of hydrogen-bond donors (Lipinski definition) is 2. The SMILES string of the molecule is CN1O[C@@H](c2ccccc2)C[C@H]1NC(=O)[C@@H](N)Cc1ccccc1. The molecule has 5 heteroatoms. The maximum absolute atomic E-state index is 12.4. The number of nitrogens with zero attached hydrogens (tertiary/aromatic N) is 1. The summed E-state index contributed by atoms with van der Waals surface area (Å²) in [5.74, 6) is -0.159. The minimum absolute atomic E-state index is 0.0492. The minimum Gasteiger partial charge on any atom is -0.337 e. The molecule has 3 N–H and O–H groups in total. The van der Waals surface area contributed by atoms with Crippen LogP contribution in [0.25, 0.3) is 0 Å². The van der Waals surface area contributed by atoms with Crippen LogP contribution < -0.4 is 11.1 Å². The highest BCUT2D eigenvalue weighted by Crippen LogP contribution is 2.30. The molecule has 5 nitrogen and oxygen atoms in total. The van der Waals surface area contributed by atoms with Gasteiger partial charge in [0.2, 0.25) is 5.91 Å². The van der Waals surface area contributed by atoms with E-state index in [2.05, 4.69) is 5.32 Å².